The Labute approximate surface area is 197 Å². The Bertz CT molecular complexity index is 1290. The van der Waals surface area contributed by atoms with E-state index in [-0.39, 0.29) is 17.9 Å². The lowest BCUT2D eigenvalue weighted by atomic mass is 9.96. The van der Waals surface area contributed by atoms with Crippen LogP contribution in [0.25, 0.3) is 11.1 Å². The number of benzene rings is 2. The van der Waals surface area contributed by atoms with E-state index in [9.17, 15) is 22.8 Å². The van der Waals surface area contributed by atoms with Gasteiger partial charge < -0.3 is 20.5 Å². The third kappa shape index (κ3) is 4.24. The second-order valence-electron chi connectivity index (χ2n) is 7.77. The van der Waals surface area contributed by atoms with Crippen molar-refractivity contribution in [2.75, 3.05) is 6.54 Å². The number of amides is 2. The molecular weight excluding hydrogens is 471 g/mol. The Kier molecular flexibility index (Phi) is 5.86. The molecular formula is C23H19ClF3N5O2. The first-order valence-corrected chi connectivity index (χ1v) is 10.4. The second kappa shape index (κ2) is 8.53. The Morgan fingerprint density at radius 2 is 1.94 bits per heavy atom. The quantitative estimate of drug-likeness (QED) is 0.511. The number of carbonyl (C=O) groups excluding carboxylic acids is 2. The summed E-state index contributed by atoms with van der Waals surface area (Å²) in [4.78, 5) is 30.2. The molecule has 11 heteroatoms. The van der Waals surface area contributed by atoms with Gasteiger partial charge in [0.1, 0.15) is 5.82 Å². The summed E-state index contributed by atoms with van der Waals surface area (Å²) in [5.74, 6) is -0.361. The fourth-order valence-corrected chi connectivity index (χ4v) is 4.00. The molecule has 2 amide bonds. The first kappa shape index (κ1) is 23.4. The van der Waals surface area contributed by atoms with Crippen LogP contribution in [0.4, 0.5) is 13.2 Å². The molecule has 3 N–H and O–H groups in total. The molecule has 1 fully saturated rings. The largest absolute Gasteiger partial charge is 0.416 e. The normalized spacial score (nSPS) is 17.9. The average Bonchev–Trinajstić information content (AvgIpc) is 3.33. The SMILES string of the molecule is C=C1NC(=O)C(CNC(=O)c2ccc(Cl)cc2-c2ccc(C(F)(F)F)cc2)(c2nccn2C)N1. The van der Waals surface area contributed by atoms with Crippen LogP contribution in [-0.4, -0.2) is 27.9 Å². The van der Waals surface area contributed by atoms with E-state index in [1.54, 1.807) is 17.8 Å². The van der Waals surface area contributed by atoms with Crippen LogP contribution in [0.1, 0.15) is 21.7 Å². The molecule has 2 aromatic carbocycles. The van der Waals surface area contributed by atoms with E-state index in [4.69, 9.17) is 11.6 Å². The summed E-state index contributed by atoms with van der Waals surface area (Å²) >= 11 is 6.10. The number of aromatic nitrogens is 2. The van der Waals surface area contributed by atoms with E-state index < -0.39 is 29.1 Å². The van der Waals surface area contributed by atoms with Crippen molar-refractivity contribution >= 4 is 23.4 Å². The van der Waals surface area contributed by atoms with E-state index in [0.29, 0.717) is 22.0 Å². The summed E-state index contributed by atoms with van der Waals surface area (Å²) < 4.78 is 40.5. The number of carbonyl (C=O) groups is 2. The van der Waals surface area contributed by atoms with Gasteiger partial charge in [0, 0.05) is 30.0 Å². The Morgan fingerprint density at radius 1 is 1.24 bits per heavy atom. The molecule has 4 rings (SSSR count). The van der Waals surface area contributed by atoms with Crippen molar-refractivity contribution in [2.24, 2.45) is 7.05 Å². The second-order valence-corrected chi connectivity index (χ2v) is 8.21. The number of aryl methyl sites for hydroxylation is 1. The van der Waals surface area contributed by atoms with Gasteiger partial charge in [-0.15, -0.1) is 0 Å². The van der Waals surface area contributed by atoms with Gasteiger partial charge in [0.05, 0.1) is 17.9 Å². The molecule has 0 radical (unpaired) electrons. The molecule has 0 bridgehead atoms. The van der Waals surface area contributed by atoms with Crippen molar-refractivity contribution in [3.8, 4) is 11.1 Å². The minimum atomic E-state index is -4.48. The number of hydrogen-bond donors (Lipinski definition) is 3. The molecule has 1 unspecified atom stereocenters. The van der Waals surface area contributed by atoms with Crippen LogP contribution in [0.2, 0.25) is 5.02 Å². The molecule has 0 aliphatic carbocycles. The van der Waals surface area contributed by atoms with Crippen molar-refractivity contribution in [3.05, 3.63) is 89.2 Å². The van der Waals surface area contributed by atoms with Crippen molar-refractivity contribution in [1.82, 2.24) is 25.5 Å². The maximum atomic E-state index is 13.2. The number of rotatable bonds is 5. The van der Waals surface area contributed by atoms with Crippen LogP contribution < -0.4 is 16.0 Å². The standard InChI is InChI=1S/C23H19ClF3N5O2/c1-13-30-21(34)22(31-13,20-28-9-10-32(20)2)12-29-19(33)17-8-7-16(24)11-18(17)14-3-5-15(6-4-14)23(25,26)27/h3-11,31H,1,12H2,2H3,(H,29,33)(H,30,34). The van der Waals surface area contributed by atoms with E-state index in [1.807, 2.05) is 0 Å². The molecule has 1 aliphatic heterocycles. The van der Waals surface area contributed by atoms with Gasteiger partial charge in [-0.05, 0) is 41.5 Å². The van der Waals surface area contributed by atoms with Crippen LogP contribution >= 0.6 is 11.6 Å². The van der Waals surface area contributed by atoms with Crippen molar-refractivity contribution in [2.45, 2.75) is 11.7 Å². The molecule has 34 heavy (non-hydrogen) atoms. The van der Waals surface area contributed by atoms with Gasteiger partial charge in [0.2, 0.25) is 0 Å². The number of hydrogen-bond acceptors (Lipinski definition) is 4. The van der Waals surface area contributed by atoms with Crippen molar-refractivity contribution < 1.29 is 22.8 Å². The zero-order chi connectivity index (χ0) is 24.7. The number of nitrogens with zero attached hydrogens (tertiary/aromatic N) is 2. The highest BCUT2D eigenvalue weighted by Crippen LogP contribution is 2.33. The predicted octanol–water partition coefficient (Wildman–Crippen LogP) is 3.58. The minimum Gasteiger partial charge on any atom is -0.350 e. The van der Waals surface area contributed by atoms with Crippen LogP contribution in [0.15, 0.2) is 67.3 Å². The van der Waals surface area contributed by atoms with E-state index in [1.165, 1.54) is 36.5 Å². The third-order valence-electron chi connectivity index (χ3n) is 5.48. The summed E-state index contributed by atoms with van der Waals surface area (Å²) in [6.45, 7) is 3.55. The highest BCUT2D eigenvalue weighted by molar-refractivity contribution is 6.31. The zero-order valence-corrected chi connectivity index (χ0v) is 18.6. The van der Waals surface area contributed by atoms with Crippen LogP contribution in [0.5, 0.6) is 0 Å². The lowest BCUT2D eigenvalue weighted by molar-refractivity contribution is -0.137. The number of nitrogens with one attached hydrogen (secondary N) is 3. The van der Waals surface area contributed by atoms with Gasteiger partial charge in [-0.3, -0.25) is 9.59 Å². The molecule has 176 valence electrons. The van der Waals surface area contributed by atoms with E-state index in [2.05, 4.69) is 27.5 Å². The summed E-state index contributed by atoms with van der Waals surface area (Å²) in [6.07, 6.45) is -1.29. The summed E-state index contributed by atoms with van der Waals surface area (Å²) in [6, 6.07) is 8.89. The molecule has 1 saturated heterocycles. The van der Waals surface area contributed by atoms with Crippen LogP contribution in [-0.2, 0) is 23.6 Å². The minimum absolute atomic E-state index is 0.170. The van der Waals surface area contributed by atoms with Gasteiger partial charge >= 0.3 is 6.18 Å². The van der Waals surface area contributed by atoms with Gasteiger partial charge in [-0.2, -0.15) is 13.2 Å². The van der Waals surface area contributed by atoms with Crippen LogP contribution in [0, 0.1) is 0 Å². The average molecular weight is 490 g/mol. The topological polar surface area (TPSA) is 88.1 Å². The zero-order valence-electron chi connectivity index (χ0n) is 17.8. The predicted molar refractivity (Wildman–Crippen MR) is 120 cm³/mol. The molecule has 0 spiro atoms. The molecule has 0 saturated carbocycles. The summed E-state index contributed by atoms with van der Waals surface area (Å²) in [5.41, 5.74) is -1.30. The fraction of sp³-hybridized carbons (Fsp3) is 0.174. The molecule has 1 aliphatic rings. The Morgan fingerprint density at radius 3 is 2.50 bits per heavy atom. The fourth-order valence-electron chi connectivity index (χ4n) is 3.83. The first-order valence-electron chi connectivity index (χ1n) is 10.0. The lowest BCUT2D eigenvalue weighted by Crippen LogP contribution is -2.53. The van der Waals surface area contributed by atoms with Gasteiger partial charge in [-0.1, -0.05) is 30.3 Å². The molecule has 1 atom stereocenters. The maximum absolute atomic E-state index is 13.2. The van der Waals surface area contributed by atoms with Crippen LogP contribution in [0.3, 0.4) is 0 Å². The summed E-state index contributed by atoms with van der Waals surface area (Å²) in [5, 5.41) is 8.60. The van der Waals surface area contributed by atoms with Crippen molar-refractivity contribution in [3.63, 3.8) is 0 Å². The third-order valence-corrected chi connectivity index (χ3v) is 5.72. The highest BCUT2D eigenvalue weighted by atomic mass is 35.5. The Balaban J connectivity index is 1.65. The van der Waals surface area contributed by atoms with E-state index in [0.717, 1.165) is 12.1 Å². The number of imidazole rings is 1. The van der Waals surface area contributed by atoms with E-state index >= 15 is 0 Å². The number of halogens is 4. The monoisotopic (exact) mass is 489 g/mol. The smallest absolute Gasteiger partial charge is 0.350 e. The van der Waals surface area contributed by atoms with Gasteiger partial charge in [-0.25, -0.2) is 4.98 Å². The molecule has 2 heterocycles. The first-order chi connectivity index (χ1) is 16.0. The maximum Gasteiger partial charge on any atom is 0.416 e. The lowest BCUT2D eigenvalue weighted by Gasteiger charge is -2.26. The highest BCUT2D eigenvalue weighted by Gasteiger charge is 2.49. The van der Waals surface area contributed by atoms with Gasteiger partial charge in [0.25, 0.3) is 11.8 Å². The van der Waals surface area contributed by atoms with Crippen molar-refractivity contribution in [1.29, 1.82) is 0 Å². The molecule has 1 aromatic heterocycles. The Hall–Kier alpha value is -3.79. The number of alkyl halides is 3. The van der Waals surface area contributed by atoms with Gasteiger partial charge in [0.15, 0.2) is 5.54 Å². The summed E-state index contributed by atoms with van der Waals surface area (Å²) in [7, 11) is 1.71. The molecule has 3 aromatic rings. The molecule has 7 nitrogen and oxygen atoms in total.